The molecule has 2 heteroatoms. The van der Waals surface area contributed by atoms with Crippen LogP contribution in [0.5, 0.6) is 0 Å². The van der Waals surface area contributed by atoms with Gasteiger partial charge >= 0.3 is 0 Å². The van der Waals surface area contributed by atoms with Crippen LogP contribution in [0.15, 0.2) is 24.3 Å². The van der Waals surface area contributed by atoms with Gasteiger partial charge in [-0.25, -0.2) is 0 Å². The first-order chi connectivity index (χ1) is 7.29. The Kier molecular flexibility index (Phi) is 3.66. The van der Waals surface area contributed by atoms with Gasteiger partial charge in [-0.1, -0.05) is 30.2 Å². The standard InChI is InChI=1S/C13H18ClN/c1-15-13-4-2-3-11(9-13)10-5-7-12(14)8-6-10/h5-8,11,13,15H,2-4,9H2,1H3. The Morgan fingerprint density at radius 3 is 2.60 bits per heavy atom. The minimum Gasteiger partial charge on any atom is -0.317 e. The minimum absolute atomic E-state index is 0.694. The Morgan fingerprint density at radius 2 is 1.93 bits per heavy atom. The number of nitrogens with one attached hydrogen (secondary N) is 1. The van der Waals surface area contributed by atoms with Crippen LogP contribution in [-0.4, -0.2) is 13.1 Å². The van der Waals surface area contributed by atoms with Crippen molar-refractivity contribution in [1.82, 2.24) is 5.32 Å². The lowest BCUT2D eigenvalue weighted by molar-refractivity contribution is 0.355. The van der Waals surface area contributed by atoms with Crippen molar-refractivity contribution in [3.63, 3.8) is 0 Å². The Morgan fingerprint density at radius 1 is 1.20 bits per heavy atom. The van der Waals surface area contributed by atoms with E-state index in [9.17, 15) is 0 Å². The highest BCUT2D eigenvalue weighted by Crippen LogP contribution is 2.33. The summed E-state index contributed by atoms with van der Waals surface area (Å²) in [6.07, 6.45) is 5.23. The Bertz CT molecular complexity index is 307. The van der Waals surface area contributed by atoms with Crippen molar-refractivity contribution in [2.24, 2.45) is 0 Å². The van der Waals surface area contributed by atoms with Crippen LogP contribution in [0.25, 0.3) is 0 Å². The molecule has 82 valence electrons. The minimum atomic E-state index is 0.694. The van der Waals surface area contributed by atoms with Crippen LogP contribution in [0.1, 0.15) is 37.2 Å². The Balaban J connectivity index is 2.06. The lowest BCUT2D eigenvalue weighted by Gasteiger charge is -2.29. The molecule has 1 fully saturated rings. The molecule has 0 amide bonds. The third-order valence-corrected chi connectivity index (χ3v) is 3.68. The molecule has 1 N–H and O–H groups in total. The molecule has 2 atom stereocenters. The summed E-state index contributed by atoms with van der Waals surface area (Å²) in [6.45, 7) is 0. The zero-order valence-corrected chi connectivity index (χ0v) is 9.93. The van der Waals surface area contributed by atoms with Crippen LogP contribution in [0.2, 0.25) is 5.02 Å². The average molecular weight is 224 g/mol. The highest BCUT2D eigenvalue weighted by molar-refractivity contribution is 6.30. The van der Waals surface area contributed by atoms with Crippen molar-refractivity contribution in [2.75, 3.05) is 7.05 Å². The summed E-state index contributed by atoms with van der Waals surface area (Å²) >= 11 is 5.89. The van der Waals surface area contributed by atoms with Crippen molar-refractivity contribution in [3.05, 3.63) is 34.9 Å². The van der Waals surface area contributed by atoms with Crippen molar-refractivity contribution in [1.29, 1.82) is 0 Å². The van der Waals surface area contributed by atoms with Gasteiger partial charge in [0.15, 0.2) is 0 Å². The summed E-state index contributed by atoms with van der Waals surface area (Å²) in [5, 5.41) is 4.22. The summed E-state index contributed by atoms with van der Waals surface area (Å²) < 4.78 is 0. The van der Waals surface area contributed by atoms with Crippen molar-refractivity contribution < 1.29 is 0 Å². The fraction of sp³-hybridized carbons (Fsp3) is 0.538. The maximum absolute atomic E-state index is 5.89. The number of hydrogen-bond acceptors (Lipinski definition) is 1. The number of rotatable bonds is 2. The van der Waals surface area contributed by atoms with E-state index in [1.165, 1.54) is 31.2 Å². The quantitative estimate of drug-likeness (QED) is 0.808. The maximum atomic E-state index is 5.89. The predicted molar refractivity (Wildman–Crippen MR) is 65.5 cm³/mol. The van der Waals surface area contributed by atoms with Crippen LogP contribution >= 0.6 is 11.6 Å². The molecule has 0 spiro atoms. The van der Waals surface area contributed by atoms with Gasteiger partial charge in [0, 0.05) is 11.1 Å². The van der Waals surface area contributed by atoms with Crippen molar-refractivity contribution in [3.8, 4) is 0 Å². The first-order valence-corrected chi connectivity index (χ1v) is 6.10. The molecule has 0 radical (unpaired) electrons. The molecule has 15 heavy (non-hydrogen) atoms. The molecular weight excluding hydrogens is 206 g/mol. The third kappa shape index (κ3) is 2.73. The van der Waals surface area contributed by atoms with Crippen LogP contribution in [0, 0.1) is 0 Å². The van der Waals surface area contributed by atoms with E-state index in [1.54, 1.807) is 0 Å². The van der Waals surface area contributed by atoms with Gasteiger partial charge in [-0.15, -0.1) is 0 Å². The smallest absolute Gasteiger partial charge is 0.0406 e. The topological polar surface area (TPSA) is 12.0 Å². The summed E-state index contributed by atoms with van der Waals surface area (Å²) in [5.74, 6) is 0.716. The fourth-order valence-corrected chi connectivity index (χ4v) is 2.62. The van der Waals surface area contributed by atoms with Crippen molar-refractivity contribution >= 4 is 11.6 Å². The van der Waals surface area contributed by atoms with E-state index in [0.29, 0.717) is 12.0 Å². The summed E-state index contributed by atoms with van der Waals surface area (Å²) in [6, 6.07) is 9.04. The SMILES string of the molecule is CNC1CCCC(c2ccc(Cl)cc2)C1. The van der Waals surface area contributed by atoms with E-state index in [4.69, 9.17) is 11.6 Å². The molecule has 0 saturated heterocycles. The highest BCUT2D eigenvalue weighted by Gasteiger charge is 2.21. The second-order valence-electron chi connectivity index (χ2n) is 4.40. The second kappa shape index (κ2) is 5.00. The normalized spacial score (nSPS) is 26.5. The third-order valence-electron chi connectivity index (χ3n) is 3.42. The molecule has 0 heterocycles. The van der Waals surface area contributed by atoms with Gasteiger partial charge in [0.1, 0.15) is 0 Å². The Labute approximate surface area is 96.8 Å². The second-order valence-corrected chi connectivity index (χ2v) is 4.84. The summed E-state index contributed by atoms with van der Waals surface area (Å²) in [4.78, 5) is 0. The predicted octanol–water partition coefficient (Wildman–Crippen LogP) is 3.59. The van der Waals surface area contributed by atoms with E-state index in [-0.39, 0.29) is 0 Å². The van der Waals surface area contributed by atoms with Crippen LogP contribution in [-0.2, 0) is 0 Å². The van der Waals surface area contributed by atoms with E-state index in [0.717, 1.165) is 5.02 Å². The van der Waals surface area contributed by atoms with Gasteiger partial charge in [0.25, 0.3) is 0 Å². The van der Waals surface area contributed by atoms with Crippen LogP contribution in [0.4, 0.5) is 0 Å². The molecule has 0 aliphatic heterocycles. The van der Waals surface area contributed by atoms with Gasteiger partial charge in [0.2, 0.25) is 0 Å². The van der Waals surface area contributed by atoms with E-state index in [1.807, 2.05) is 12.1 Å². The monoisotopic (exact) mass is 223 g/mol. The van der Waals surface area contributed by atoms with Gasteiger partial charge < -0.3 is 5.32 Å². The lowest BCUT2D eigenvalue weighted by atomic mass is 9.81. The molecule has 1 aromatic carbocycles. The molecule has 0 aromatic heterocycles. The molecule has 1 aliphatic carbocycles. The molecule has 2 unspecified atom stereocenters. The number of benzene rings is 1. The molecule has 2 rings (SSSR count). The summed E-state index contributed by atoms with van der Waals surface area (Å²) in [7, 11) is 2.06. The van der Waals surface area contributed by atoms with E-state index >= 15 is 0 Å². The highest BCUT2D eigenvalue weighted by atomic mass is 35.5. The van der Waals surface area contributed by atoms with Gasteiger partial charge in [-0.05, 0) is 49.9 Å². The van der Waals surface area contributed by atoms with Gasteiger partial charge in [-0.2, -0.15) is 0 Å². The van der Waals surface area contributed by atoms with E-state index < -0.39 is 0 Å². The summed E-state index contributed by atoms with van der Waals surface area (Å²) in [5.41, 5.74) is 1.44. The van der Waals surface area contributed by atoms with E-state index in [2.05, 4.69) is 24.5 Å². The van der Waals surface area contributed by atoms with Crippen molar-refractivity contribution in [2.45, 2.75) is 37.6 Å². The maximum Gasteiger partial charge on any atom is 0.0406 e. The molecule has 1 aliphatic rings. The molecule has 1 saturated carbocycles. The van der Waals surface area contributed by atoms with Crippen LogP contribution in [0.3, 0.4) is 0 Å². The lowest BCUT2D eigenvalue weighted by Crippen LogP contribution is -2.30. The number of hydrogen-bond donors (Lipinski definition) is 1. The average Bonchev–Trinajstić information content (AvgIpc) is 2.30. The zero-order chi connectivity index (χ0) is 10.7. The Hall–Kier alpha value is -0.530. The van der Waals surface area contributed by atoms with Gasteiger partial charge in [0.05, 0.1) is 0 Å². The van der Waals surface area contributed by atoms with Crippen LogP contribution < -0.4 is 5.32 Å². The van der Waals surface area contributed by atoms with Gasteiger partial charge in [-0.3, -0.25) is 0 Å². The first kappa shape index (κ1) is 11.0. The molecule has 0 bridgehead atoms. The largest absolute Gasteiger partial charge is 0.317 e. The molecule has 1 nitrogen and oxygen atoms in total. The molecule has 1 aromatic rings. The fourth-order valence-electron chi connectivity index (χ4n) is 2.49. The number of halogens is 1. The molecular formula is C13H18ClN. The zero-order valence-electron chi connectivity index (χ0n) is 9.17. The first-order valence-electron chi connectivity index (χ1n) is 5.72.